The van der Waals surface area contributed by atoms with E-state index in [2.05, 4.69) is 9.97 Å². The van der Waals surface area contributed by atoms with Crippen LogP contribution in [0.3, 0.4) is 0 Å². The van der Waals surface area contributed by atoms with Gasteiger partial charge in [-0.1, -0.05) is 30.7 Å². The molecule has 0 spiro atoms. The van der Waals surface area contributed by atoms with Gasteiger partial charge in [0, 0.05) is 6.20 Å². The van der Waals surface area contributed by atoms with Crippen LogP contribution >= 0.6 is 22.9 Å². The third-order valence-electron chi connectivity index (χ3n) is 4.21. The molecule has 0 fully saturated rings. The number of ether oxygens (including phenoxy) is 1. The van der Waals surface area contributed by atoms with E-state index in [1.165, 1.54) is 11.3 Å². The molecule has 0 saturated heterocycles. The Bertz CT molecular complexity index is 945. The summed E-state index contributed by atoms with van der Waals surface area (Å²) in [5.41, 5.74) is 1.45. The summed E-state index contributed by atoms with van der Waals surface area (Å²) >= 11 is 7.62. The number of amides is 1. The number of benzene rings is 1. The first-order valence-corrected chi connectivity index (χ1v) is 9.51. The molecule has 1 amide bonds. The zero-order valence-electron chi connectivity index (χ0n) is 14.1. The molecule has 0 N–H and O–H groups in total. The van der Waals surface area contributed by atoms with Crippen LogP contribution in [0.2, 0.25) is 5.02 Å². The molecule has 1 aromatic carbocycles. The summed E-state index contributed by atoms with van der Waals surface area (Å²) < 4.78 is 5.95. The van der Waals surface area contributed by atoms with E-state index >= 15 is 0 Å². The van der Waals surface area contributed by atoms with Crippen molar-refractivity contribution in [1.29, 1.82) is 0 Å². The molecule has 1 unspecified atom stereocenters. The largest absolute Gasteiger partial charge is 0.485 e. The summed E-state index contributed by atoms with van der Waals surface area (Å²) in [6.07, 6.45) is 4.02. The smallest absolute Gasteiger partial charge is 0.270 e. The second kappa shape index (κ2) is 7.05. The number of rotatable bonds is 3. The van der Waals surface area contributed by atoms with Gasteiger partial charge in [-0.15, -0.1) is 11.3 Å². The SMILES string of the molecule is CCC1CN(C(=O)c2cnc(-c3ccccn3)s2)c2cccc(Cl)c2O1. The lowest BCUT2D eigenvalue weighted by atomic mass is 10.1. The molecular weight excluding hydrogens is 370 g/mol. The minimum Gasteiger partial charge on any atom is -0.485 e. The van der Waals surface area contributed by atoms with Crippen LogP contribution in [-0.4, -0.2) is 28.5 Å². The van der Waals surface area contributed by atoms with Gasteiger partial charge in [-0.3, -0.25) is 9.78 Å². The first-order chi connectivity index (χ1) is 12.7. The number of hydrogen-bond acceptors (Lipinski definition) is 5. The predicted molar refractivity (Wildman–Crippen MR) is 103 cm³/mol. The van der Waals surface area contributed by atoms with Gasteiger partial charge >= 0.3 is 0 Å². The molecule has 5 nitrogen and oxygen atoms in total. The third kappa shape index (κ3) is 3.06. The number of carbonyl (C=O) groups excluding carboxylic acids is 1. The molecule has 1 atom stereocenters. The Morgan fingerprint density at radius 2 is 2.19 bits per heavy atom. The maximum absolute atomic E-state index is 13.2. The summed E-state index contributed by atoms with van der Waals surface area (Å²) in [6.45, 7) is 2.51. The molecule has 1 aliphatic rings. The fourth-order valence-corrected chi connectivity index (χ4v) is 3.91. The van der Waals surface area contributed by atoms with Gasteiger partial charge < -0.3 is 9.64 Å². The van der Waals surface area contributed by atoms with Crippen LogP contribution < -0.4 is 9.64 Å². The molecule has 2 aromatic heterocycles. The van der Waals surface area contributed by atoms with Gasteiger partial charge in [-0.25, -0.2) is 4.98 Å². The molecule has 7 heteroatoms. The van der Waals surface area contributed by atoms with Crippen molar-refractivity contribution in [2.45, 2.75) is 19.4 Å². The van der Waals surface area contributed by atoms with Crippen LogP contribution in [0.5, 0.6) is 5.75 Å². The Kier molecular flexibility index (Phi) is 4.61. The number of thiazole rings is 1. The molecule has 0 radical (unpaired) electrons. The zero-order valence-corrected chi connectivity index (χ0v) is 15.6. The average molecular weight is 386 g/mol. The zero-order chi connectivity index (χ0) is 18.1. The Hall–Kier alpha value is -2.44. The minimum atomic E-state index is -0.102. The normalized spacial score (nSPS) is 16.1. The maximum Gasteiger partial charge on any atom is 0.270 e. The molecule has 0 bridgehead atoms. The second-order valence-corrected chi connectivity index (χ2v) is 7.33. The highest BCUT2D eigenvalue weighted by atomic mass is 35.5. The lowest BCUT2D eigenvalue weighted by Crippen LogP contribution is -2.43. The number of hydrogen-bond donors (Lipinski definition) is 0. The molecule has 3 heterocycles. The summed E-state index contributed by atoms with van der Waals surface area (Å²) in [4.78, 5) is 24.1. The number of carbonyl (C=O) groups is 1. The minimum absolute atomic E-state index is 0.0884. The van der Waals surface area contributed by atoms with E-state index < -0.39 is 0 Å². The molecule has 132 valence electrons. The molecule has 3 aromatic rings. The molecule has 4 rings (SSSR count). The number of aromatic nitrogens is 2. The van der Waals surface area contributed by atoms with Crippen LogP contribution in [0.1, 0.15) is 23.0 Å². The Balaban J connectivity index is 1.68. The van der Waals surface area contributed by atoms with E-state index in [1.54, 1.807) is 23.4 Å². The summed E-state index contributed by atoms with van der Waals surface area (Å²) in [7, 11) is 0. The molecule has 26 heavy (non-hydrogen) atoms. The van der Waals surface area contributed by atoms with Crippen molar-refractivity contribution in [2.24, 2.45) is 0 Å². The lowest BCUT2D eigenvalue weighted by molar-refractivity contribution is 0.0958. The fraction of sp³-hybridized carbons (Fsp3) is 0.211. The lowest BCUT2D eigenvalue weighted by Gasteiger charge is -2.34. The highest BCUT2D eigenvalue weighted by Gasteiger charge is 2.31. The summed E-state index contributed by atoms with van der Waals surface area (Å²) in [5, 5.41) is 1.23. The van der Waals surface area contributed by atoms with Gasteiger partial charge in [0.1, 0.15) is 16.0 Å². The van der Waals surface area contributed by atoms with Crippen molar-refractivity contribution < 1.29 is 9.53 Å². The van der Waals surface area contributed by atoms with Crippen LogP contribution in [0.25, 0.3) is 10.7 Å². The highest BCUT2D eigenvalue weighted by Crippen LogP contribution is 2.40. The number of nitrogens with zero attached hydrogens (tertiary/aromatic N) is 3. The van der Waals surface area contributed by atoms with E-state index in [1.807, 2.05) is 37.3 Å². The Labute approximate surface area is 160 Å². The maximum atomic E-state index is 13.2. The molecular formula is C19H16ClN3O2S. The van der Waals surface area contributed by atoms with Gasteiger partial charge in [0.05, 0.1) is 29.1 Å². The highest BCUT2D eigenvalue weighted by molar-refractivity contribution is 7.17. The Morgan fingerprint density at radius 3 is 2.96 bits per heavy atom. The first-order valence-electron chi connectivity index (χ1n) is 8.31. The number of anilines is 1. The van der Waals surface area contributed by atoms with Gasteiger partial charge in [-0.2, -0.15) is 0 Å². The number of pyridine rings is 1. The van der Waals surface area contributed by atoms with Crippen LogP contribution in [0.4, 0.5) is 5.69 Å². The van der Waals surface area contributed by atoms with Crippen molar-refractivity contribution in [3.8, 4) is 16.5 Å². The van der Waals surface area contributed by atoms with Crippen LogP contribution in [0, 0.1) is 0 Å². The monoisotopic (exact) mass is 385 g/mol. The standard InChI is InChI=1S/C19H16ClN3O2S/c1-2-12-11-23(15-8-5-6-13(20)17(15)25-12)19(24)16-10-22-18(26-16)14-7-3-4-9-21-14/h3-10,12H,2,11H2,1H3. The van der Waals surface area contributed by atoms with Crippen LogP contribution in [-0.2, 0) is 0 Å². The van der Waals surface area contributed by atoms with Crippen molar-refractivity contribution in [3.05, 3.63) is 58.7 Å². The second-order valence-electron chi connectivity index (χ2n) is 5.90. The van der Waals surface area contributed by atoms with Gasteiger partial charge in [0.25, 0.3) is 5.91 Å². The molecule has 1 aliphatic heterocycles. The van der Waals surface area contributed by atoms with Gasteiger partial charge in [0.2, 0.25) is 0 Å². The van der Waals surface area contributed by atoms with Gasteiger partial charge in [-0.05, 0) is 30.7 Å². The van der Waals surface area contributed by atoms with Gasteiger partial charge in [0.15, 0.2) is 5.75 Å². The van der Waals surface area contributed by atoms with Crippen LogP contribution in [0.15, 0.2) is 48.8 Å². The first kappa shape index (κ1) is 17.0. The topological polar surface area (TPSA) is 55.3 Å². The summed E-state index contributed by atoms with van der Waals surface area (Å²) in [6, 6.07) is 11.1. The predicted octanol–water partition coefficient (Wildman–Crippen LogP) is 4.68. The number of para-hydroxylation sites is 1. The van der Waals surface area contributed by atoms with E-state index in [0.717, 1.165) is 17.1 Å². The van der Waals surface area contributed by atoms with E-state index in [0.29, 0.717) is 27.9 Å². The van der Waals surface area contributed by atoms with Crippen molar-refractivity contribution >= 4 is 34.5 Å². The van der Waals surface area contributed by atoms with Crippen molar-refractivity contribution in [2.75, 3.05) is 11.4 Å². The molecule has 0 aliphatic carbocycles. The fourth-order valence-electron chi connectivity index (χ4n) is 2.85. The van der Waals surface area contributed by atoms with Crippen molar-refractivity contribution in [1.82, 2.24) is 9.97 Å². The van der Waals surface area contributed by atoms with E-state index in [4.69, 9.17) is 16.3 Å². The average Bonchev–Trinajstić information content (AvgIpc) is 3.18. The number of halogens is 1. The van der Waals surface area contributed by atoms with E-state index in [-0.39, 0.29) is 12.0 Å². The van der Waals surface area contributed by atoms with E-state index in [9.17, 15) is 4.79 Å². The number of fused-ring (bicyclic) bond motifs is 1. The molecule has 0 saturated carbocycles. The quantitative estimate of drug-likeness (QED) is 0.657. The summed E-state index contributed by atoms with van der Waals surface area (Å²) in [5.74, 6) is 0.463. The Morgan fingerprint density at radius 1 is 1.31 bits per heavy atom. The van der Waals surface area contributed by atoms with Crippen molar-refractivity contribution in [3.63, 3.8) is 0 Å². The third-order valence-corrected chi connectivity index (χ3v) is 5.51.